The van der Waals surface area contributed by atoms with E-state index in [1.54, 1.807) is 0 Å². The number of hydrogen-bond acceptors (Lipinski definition) is 3. The molecule has 1 aliphatic heterocycles. The molecule has 90 valence electrons. The monoisotopic (exact) mass is 213 g/mol. The van der Waals surface area contributed by atoms with Gasteiger partial charge in [0.05, 0.1) is 0 Å². The molecule has 0 aromatic rings. The van der Waals surface area contributed by atoms with Crippen LogP contribution in [0.3, 0.4) is 0 Å². The molecule has 1 aliphatic rings. The molecule has 3 heteroatoms. The summed E-state index contributed by atoms with van der Waals surface area (Å²) in [5.41, 5.74) is 0.403. The minimum atomic E-state index is 0.403. The molecule has 15 heavy (non-hydrogen) atoms. The maximum Gasteiger partial charge on any atom is 0.0107 e. The van der Waals surface area contributed by atoms with Crippen LogP contribution in [0, 0.1) is 5.41 Å². The van der Waals surface area contributed by atoms with Crippen LogP contribution >= 0.6 is 0 Å². The van der Waals surface area contributed by atoms with E-state index in [2.05, 4.69) is 36.3 Å². The highest BCUT2D eigenvalue weighted by Gasteiger charge is 2.10. The van der Waals surface area contributed by atoms with Crippen molar-refractivity contribution in [3.05, 3.63) is 0 Å². The van der Waals surface area contributed by atoms with Gasteiger partial charge in [-0.15, -0.1) is 0 Å². The Morgan fingerprint density at radius 3 is 2.73 bits per heavy atom. The first kappa shape index (κ1) is 12.9. The lowest BCUT2D eigenvalue weighted by Gasteiger charge is -2.22. The van der Waals surface area contributed by atoms with Crippen LogP contribution in [0.5, 0.6) is 0 Å². The Kier molecular flexibility index (Phi) is 5.58. The Morgan fingerprint density at radius 2 is 2.00 bits per heavy atom. The molecule has 1 rings (SSSR count). The van der Waals surface area contributed by atoms with Crippen LogP contribution in [0.25, 0.3) is 0 Å². The van der Waals surface area contributed by atoms with E-state index < -0.39 is 0 Å². The second-order valence-corrected chi connectivity index (χ2v) is 5.68. The molecule has 0 unspecified atom stereocenters. The molecular weight excluding hydrogens is 186 g/mol. The molecule has 2 N–H and O–H groups in total. The third-order valence-electron chi connectivity index (χ3n) is 2.69. The van der Waals surface area contributed by atoms with Gasteiger partial charge in [-0.05, 0) is 24.9 Å². The van der Waals surface area contributed by atoms with Crippen LogP contribution in [-0.4, -0.2) is 50.7 Å². The van der Waals surface area contributed by atoms with Gasteiger partial charge in [0.1, 0.15) is 0 Å². The lowest BCUT2D eigenvalue weighted by molar-refractivity contribution is 0.281. The molecule has 0 spiro atoms. The fourth-order valence-corrected chi connectivity index (χ4v) is 1.83. The minimum Gasteiger partial charge on any atom is -0.315 e. The zero-order valence-corrected chi connectivity index (χ0v) is 10.6. The zero-order valence-electron chi connectivity index (χ0n) is 10.6. The van der Waals surface area contributed by atoms with Crippen molar-refractivity contribution in [2.45, 2.75) is 27.2 Å². The number of hydrogen-bond donors (Lipinski definition) is 2. The van der Waals surface area contributed by atoms with Crippen LogP contribution < -0.4 is 10.6 Å². The summed E-state index contributed by atoms with van der Waals surface area (Å²) in [5.74, 6) is 0. The van der Waals surface area contributed by atoms with E-state index in [0.29, 0.717) is 5.41 Å². The third-order valence-corrected chi connectivity index (χ3v) is 2.69. The standard InChI is InChI=1S/C12H27N3/c1-12(2,3)11-14-7-10-15-8-4-5-13-6-9-15/h13-14H,4-11H2,1-3H3. The van der Waals surface area contributed by atoms with Crippen LogP contribution in [-0.2, 0) is 0 Å². The average molecular weight is 213 g/mol. The van der Waals surface area contributed by atoms with Crippen LogP contribution in [0.2, 0.25) is 0 Å². The molecule has 3 nitrogen and oxygen atoms in total. The van der Waals surface area contributed by atoms with Crippen molar-refractivity contribution >= 4 is 0 Å². The molecule has 1 heterocycles. The smallest absolute Gasteiger partial charge is 0.0107 e. The number of nitrogens with one attached hydrogen (secondary N) is 2. The van der Waals surface area contributed by atoms with Gasteiger partial charge in [0.25, 0.3) is 0 Å². The zero-order chi connectivity index (χ0) is 11.1. The molecule has 1 fully saturated rings. The molecule has 0 saturated carbocycles. The van der Waals surface area contributed by atoms with E-state index in [0.717, 1.165) is 19.6 Å². The first-order chi connectivity index (χ1) is 7.08. The summed E-state index contributed by atoms with van der Waals surface area (Å²) in [6, 6.07) is 0. The average Bonchev–Trinajstić information content (AvgIpc) is 2.39. The summed E-state index contributed by atoms with van der Waals surface area (Å²) in [4.78, 5) is 2.55. The van der Waals surface area contributed by atoms with Gasteiger partial charge in [-0.25, -0.2) is 0 Å². The Morgan fingerprint density at radius 1 is 1.20 bits per heavy atom. The van der Waals surface area contributed by atoms with Crippen LogP contribution in [0.4, 0.5) is 0 Å². The number of nitrogens with zero attached hydrogens (tertiary/aromatic N) is 1. The van der Waals surface area contributed by atoms with Crippen molar-refractivity contribution < 1.29 is 0 Å². The Labute approximate surface area is 94.6 Å². The van der Waals surface area contributed by atoms with Gasteiger partial charge in [0.15, 0.2) is 0 Å². The molecule has 0 amide bonds. The summed E-state index contributed by atoms with van der Waals surface area (Å²) in [6.07, 6.45) is 1.29. The molecular formula is C12H27N3. The molecule has 0 aliphatic carbocycles. The molecule has 0 radical (unpaired) electrons. The van der Waals surface area contributed by atoms with Crippen molar-refractivity contribution in [2.75, 3.05) is 45.8 Å². The van der Waals surface area contributed by atoms with Crippen molar-refractivity contribution in [1.29, 1.82) is 0 Å². The van der Waals surface area contributed by atoms with Gasteiger partial charge in [0, 0.05) is 32.7 Å². The highest BCUT2D eigenvalue weighted by Crippen LogP contribution is 2.09. The second-order valence-electron chi connectivity index (χ2n) is 5.68. The van der Waals surface area contributed by atoms with E-state index in [9.17, 15) is 0 Å². The van der Waals surface area contributed by atoms with Crippen molar-refractivity contribution in [1.82, 2.24) is 15.5 Å². The van der Waals surface area contributed by atoms with Crippen LogP contribution in [0.15, 0.2) is 0 Å². The summed E-state index contributed by atoms with van der Waals surface area (Å²) >= 11 is 0. The van der Waals surface area contributed by atoms with E-state index in [1.807, 2.05) is 0 Å². The maximum atomic E-state index is 3.53. The summed E-state index contributed by atoms with van der Waals surface area (Å²) in [7, 11) is 0. The third kappa shape index (κ3) is 6.88. The minimum absolute atomic E-state index is 0.403. The molecule has 1 saturated heterocycles. The lowest BCUT2D eigenvalue weighted by Crippen LogP contribution is -2.37. The molecule has 0 aromatic heterocycles. The van der Waals surface area contributed by atoms with E-state index in [4.69, 9.17) is 0 Å². The van der Waals surface area contributed by atoms with Crippen molar-refractivity contribution in [3.63, 3.8) is 0 Å². The Bertz CT molecular complexity index is 155. The van der Waals surface area contributed by atoms with E-state index >= 15 is 0 Å². The summed E-state index contributed by atoms with van der Waals surface area (Å²) in [5, 5.41) is 6.96. The highest BCUT2D eigenvalue weighted by atomic mass is 15.2. The van der Waals surface area contributed by atoms with E-state index in [1.165, 1.54) is 32.6 Å². The predicted octanol–water partition coefficient (Wildman–Crippen LogP) is 0.917. The van der Waals surface area contributed by atoms with Crippen molar-refractivity contribution in [3.8, 4) is 0 Å². The molecule has 0 aromatic carbocycles. The second kappa shape index (κ2) is 6.46. The normalized spacial score (nSPS) is 20.2. The fourth-order valence-electron chi connectivity index (χ4n) is 1.83. The SMILES string of the molecule is CC(C)(C)CNCCN1CCCNCC1. The predicted molar refractivity (Wildman–Crippen MR) is 66.3 cm³/mol. The molecule has 0 atom stereocenters. The summed E-state index contributed by atoms with van der Waals surface area (Å²) in [6.45, 7) is 15.0. The topological polar surface area (TPSA) is 27.3 Å². The number of rotatable bonds is 4. The fraction of sp³-hybridized carbons (Fsp3) is 1.00. The van der Waals surface area contributed by atoms with E-state index in [-0.39, 0.29) is 0 Å². The quantitative estimate of drug-likeness (QED) is 0.680. The summed E-state index contributed by atoms with van der Waals surface area (Å²) < 4.78 is 0. The first-order valence-electron chi connectivity index (χ1n) is 6.22. The first-order valence-corrected chi connectivity index (χ1v) is 6.22. The Balaban J connectivity index is 2.03. The van der Waals surface area contributed by atoms with Gasteiger partial charge < -0.3 is 15.5 Å². The van der Waals surface area contributed by atoms with Crippen LogP contribution in [0.1, 0.15) is 27.2 Å². The highest BCUT2D eigenvalue weighted by molar-refractivity contribution is 4.69. The van der Waals surface area contributed by atoms with Gasteiger partial charge in [-0.2, -0.15) is 0 Å². The van der Waals surface area contributed by atoms with Gasteiger partial charge in [-0.3, -0.25) is 0 Å². The maximum absolute atomic E-state index is 3.53. The Hall–Kier alpha value is -0.120. The van der Waals surface area contributed by atoms with Gasteiger partial charge >= 0.3 is 0 Å². The van der Waals surface area contributed by atoms with Gasteiger partial charge in [-0.1, -0.05) is 20.8 Å². The lowest BCUT2D eigenvalue weighted by atomic mass is 9.97. The largest absolute Gasteiger partial charge is 0.315 e. The van der Waals surface area contributed by atoms with Crippen molar-refractivity contribution in [2.24, 2.45) is 5.41 Å². The van der Waals surface area contributed by atoms with Gasteiger partial charge in [0.2, 0.25) is 0 Å². The molecule has 0 bridgehead atoms.